The quantitative estimate of drug-likeness (QED) is 0.204. The molecule has 4 aromatic rings. The fourth-order valence-electron chi connectivity index (χ4n) is 4.27. The molecule has 0 aromatic heterocycles. The summed E-state index contributed by atoms with van der Waals surface area (Å²) in [5, 5.41) is 0. The van der Waals surface area contributed by atoms with Gasteiger partial charge in [0.1, 0.15) is 0 Å². The van der Waals surface area contributed by atoms with Gasteiger partial charge in [0.05, 0.1) is 10.0 Å². The molecule has 0 radical (unpaired) electrons. The van der Waals surface area contributed by atoms with Crippen molar-refractivity contribution in [2.75, 3.05) is 5.73 Å². The highest BCUT2D eigenvalue weighted by molar-refractivity contribution is 9.11. The summed E-state index contributed by atoms with van der Waals surface area (Å²) in [6.07, 6.45) is 0. The molecule has 0 saturated carbocycles. The summed E-state index contributed by atoms with van der Waals surface area (Å²) in [6.45, 7) is 0. The van der Waals surface area contributed by atoms with Crippen LogP contribution in [-0.4, -0.2) is 23.1 Å². The lowest BCUT2D eigenvalue weighted by molar-refractivity contribution is 0.0963. The van der Waals surface area contributed by atoms with E-state index in [-0.39, 0.29) is 49.3 Å². The molecule has 1 aliphatic carbocycles. The zero-order valence-corrected chi connectivity index (χ0v) is 21.1. The van der Waals surface area contributed by atoms with Crippen LogP contribution in [0.5, 0.6) is 0 Å². The van der Waals surface area contributed by atoms with Gasteiger partial charge >= 0.3 is 0 Å². The van der Waals surface area contributed by atoms with Crippen LogP contribution in [-0.2, 0) is 0 Å². The van der Waals surface area contributed by atoms with Gasteiger partial charge in [0, 0.05) is 49.1 Å². The number of fused-ring (bicyclic) bond motifs is 2. The van der Waals surface area contributed by atoms with Crippen LogP contribution < -0.4 is 5.73 Å². The van der Waals surface area contributed by atoms with Gasteiger partial charge in [-0.05, 0) is 34.1 Å². The number of nitrogen functional groups attached to an aromatic ring is 1. The second-order valence-corrected chi connectivity index (χ2v) is 9.62. The van der Waals surface area contributed by atoms with Crippen molar-refractivity contribution in [2.45, 2.75) is 0 Å². The Balaban J connectivity index is 1.78. The van der Waals surface area contributed by atoms with Crippen molar-refractivity contribution in [2.24, 2.45) is 0 Å². The Kier molecular flexibility index (Phi) is 5.83. The molecule has 0 spiro atoms. The zero-order valence-electron chi connectivity index (χ0n) is 18.0. The highest BCUT2D eigenvalue weighted by Gasteiger charge is 2.39. The van der Waals surface area contributed by atoms with E-state index in [4.69, 9.17) is 5.73 Å². The molecule has 35 heavy (non-hydrogen) atoms. The molecule has 0 aliphatic heterocycles. The van der Waals surface area contributed by atoms with Crippen LogP contribution in [0.2, 0.25) is 0 Å². The van der Waals surface area contributed by atoms with Crippen molar-refractivity contribution in [1.29, 1.82) is 0 Å². The first kappa shape index (κ1) is 23.1. The summed E-state index contributed by atoms with van der Waals surface area (Å²) < 4.78 is 0.561. The predicted octanol–water partition coefficient (Wildman–Crippen LogP) is 6.03. The lowest BCUT2D eigenvalue weighted by Gasteiger charge is -2.24. The summed E-state index contributed by atoms with van der Waals surface area (Å²) in [7, 11) is 0. The summed E-state index contributed by atoms with van der Waals surface area (Å²) >= 11 is 6.72. The average molecular weight is 589 g/mol. The van der Waals surface area contributed by atoms with Crippen LogP contribution in [0.3, 0.4) is 0 Å². The number of ketones is 4. The van der Waals surface area contributed by atoms with Crippen molar-refractivity contribution < 1.29 is 19.2 Å². The molecular formula is C28H15Br2NO4. The highest BCUT2D eigenvalue weighted by atomic mass is 79.9. The Morgan fingerprint density at radius 1 is 0.600 bits per heavy atom. The number of hydrogen-bond acceptors (Lipinski definition) is 5. The minimum absolute atomic E-state index is 0.0184. The summed E-state index contributed by atoms with van der Waals surface area (Å²) in [5.41, 5.74) is 7.14. The van der Waals surface area contributed by atoms with Gasteiger partial charge in [-0.3, -0.25) is 19.2 Å². The van der Waals surface area contributed by atoms with E-state index >= 15 is 0 Å². The van der Waals surface area contributed by atoms with Gasteiger partial charge in [-0.25, -0.2) is 0 Å². The van der Waals surface area contributed by atoms with Crippen molar-refractivity contribution in [3.63, 3.8) is 0 Å². The molecule has 5 rings (SSSR count). The lowest BCUT2D eigenvalue weighted by atomic mass is 9.77. The first-order valence-corrected chi connectivity index (χ1v) is 12.1. The summed E-state index contributed by atoms with van der Waals surface area (Å²) in [6, 6.07) is 21.4. The van der Waals surface area contributed by atoms with E-state index in [2.05, 4.69) is 31.9 Å². The van der Waals surface area contributed by atoms with Gasteiger partial charge in [-0.2, -0.15) is 0 Å². The number of rotatable bonds is 4. The number of halogens is 2. The average Bonchev–Trinajstić information content (AvgIpc) is 2.88. The third-order valence-electron chi connectivity index (χ3n) is 5.92. The lowest BCUT2D eigenvalue weighted by Crippen LogP contribution is -2.28. The van der Waals surface area contributed by atoms with E-state index in [9.17, 15) is 19.2 Å². The molecule has 5 nitrogen and oxygen atoms in total. The first-order valence-electron chi connectivity index (χ1n) is 10.5. The maximum atomic E-state index is 13.9. The van der Waals surface area contributed by atoms with E-state index in [0.717, 1.165) is 0 Å². The van der Waals surface area contributed by atoms with E-state index in [1.807, 2.05) is 0 Å². The number of carbonyl (C=O) groups excluding carboxylic acids is 4. The smallest absolute Gasteiger partial charge is 0.196 e. The number of anilines is 1. The topological polar surface area (TPSA) is 94.3 Å². The van der Waals surface area contributed by atoms with E-state index in [0.29, 0.717) is 15.6 Å². The van der Waals surface area contributed by atoms with Crippen molar-refractivity contribution >= 4 is 60.7 Å². The molecule has 170 valence electrons. The molecule has 4 aromatic carbocycles. The SMILES string of the molecule is Nc1cc(C(=O)c2ccccc2)c2c(c1Br)C(=O)c1c(C(=O)c3ccccc3)ccc(Br)c1C2=O. The van der Waals surface area contributed by atoms with Crippen LogP contribution in [0.1, 0.15) is 63.7 Å². The number of carbonyl (C=O) groups is 4. The molecule has 0 heterocycles. The van der Waals surface area contributed by atoms with Crippen LogP contribution in [0.25, 0.3) is 0 Å². The van der Waals surface area contributed by atoms with Crippen molar-refractivity contribution in [3.05, 3.63) is 132 Å². The van der Waals surface area contributed by atoms with Crippen LogP contribution >= 0.6 is 31.9 Å². The van der Waals surface area contributed by atoms with Crippen LogP contribution in [0.4, 0.5) is 5.69 Å². The molecule has 0 unspecified atom stereocenters. The third kappa shape index (κ3) is 3.68. The molecule has 0 bridgehead atoms. The molecule has 1 aliphatic rings. The number of nitrogens with two attached hydrogens (primary N) is 1. The molecule has 0 amide bonds. The second kappa shape index (κ2) is 8.83. The van der Waals surface area contributed by atoms with E-state index in [1.165, 1.54) is 12.1 Å². The van der Waals surface area contributed by atoms with Gasteiger partial charge < -0.3 is 5.73 Å². The fraction of sp³-hybridized carbons (Fsp3) is 0. The molecule has 2 N–H and O–H groups in total. The van der Waals surface area contributed by atoms with Gasteiger partial charge in [0.25, 0.3) is 0 Å². The summed E-state index contributed by atoms with van der Waals surface area (Å²) in [5.74, 6) is -1.92. The van der Waals surface area contributed by atoms with Crippen LogP contribution in [0, 0.1) is 0 Å². The normalized spacial score (nSPS) is 12.2. The van der Waals surface area contributed by atoms with Crippen LogP contribution in [0.15, 0.2) is 87.8 Å². The number of hydrogen-bond donors (Lipinski definition) is 1. The molecule has 0 saturated heterocycles. The monoisotopic (exact) mass is 587 g/mol. The second-order valence-electron chi connectivity index (χ2n) is 7.97. The van der Waals surface area contributed by atoms with Gasteiger partial charge in [0.2, 0.25) is 0 Å². The highest BCUT2D eigenvalue weighted by Crippen LogP contribution is 2.41. The van der Waals surface area contributed by atoms with Gasteiger partial charge in [-0.15, -0.1) is 0 Å². The van der Waals surface area contributed by atoms with Crippen molar-refractivity contribution in [1.82, 2.24) is 0 Å². The fourth-order valence-corrected chi connectivity index (χ4v) is 5.28. The van der Waals surface area contributed by atoms with Gasteiger partial charge in [0.15, 0.2) is 23.1 Å². The minimum Gasteiger partial charge on any atom is -0.398 e. The zero-order chi connectivity index (χ0) is 24.9. The Morgan fingerprint density at radius 2 is 1.09 bits per heavy atom. The summed E-state index contributed by atoms with van der Waals surface area (Å²) in [4.78, 5) is 54.6. The van der Waals surface area contributed by atoms with E-state index in [1.54, 1.807) is 66.7 Å². The third-order valence-corrected chi connectivity index (χ3v) is 7.43. The molecule has 7 heteroatoms. The predicted molar refractivity (Wildman–Crippen MR) is 139 cm³/mol. The Morgan fingerprint density at radius 3 is 1.66 bits per heavy atom. The van der Waals surface area contributed by atoms with Gasteiger partial charge in [-0.1, -0.05) is 76.6 Å². The molecule has 0 fully saturated rings. The largest absolute Gasteiger partial charge is 0.398 e. The maximum absolute atomic E-state index is 13.9. The van der Waals surface area contributed by atoms with E-state index < -0.39 is 17.3 Å². The standard InChI is InChI=1S/C28H15Br2NO4/c29-18-12-11-16(25(32)14-7-3-1-4-8-14)20-22(18)27(34)21-17(26(33)15-9-5-2-6-10-15)13-19(31)24(30)23(21)28(20)35/h1-13H,31H2. The molecular weight excluding hydrogens is 574 g/mol. The Bertz CT molecular complexity index is 1580. The van der Waals surface area contributed by atoms with Crippen molar-refractivity contribution in [3.8, 4) is 0 Å². The Labute approximate surface area is 217 Å². The minimum atomic E-state index is -0.559. The molecule has 0 atom stereocenters. The first-order chi connectivity index (χ1) is 16.8. The Hall–Kier alpha value is -3.68. The number of benzene rings is 4. The maximum Gasteiger partial charge on any atom is 0.196 e.